The fourth-order valence-electron chi connectivity index (χ4n) is 4.00. The number of fused-ring (bicyclic) bond motifs is 2. The van der Waals surface area contributed by atoms with Crippen molar-refractivity contribution in [2.75, 3.05) is 18.4 Å². The van der Waals surface area contributed by atoms with Gasteiger partial charge in [-0.3, -0.25) is 4.79 Å². The average Bonchev–Trinajstić information content (AvgIpc) is 2.91. The Kier molecular flexibility index (Phi) is 5.14. The Hall–Kier alpha value is -2.04. The van der Waals surface area contributed by atoms with E-state index in [9.17, 15) is 4.79 Å². The lowest BCUT2D eigenvalue weighted by atomic mass is 10.1. The molecule has 2 bridgehead atoms. The molecule has 0 aliphatic carbocycles. The fourth-order valence-corrected chi connectivity index (χ4v) is 4.12. The van der Waals surface area contributed by atoms with E-state index < -0.39 is 0 Å². The largest absolute Gasteiger partial charge is 0.381 e. The molecule has 2 aliphatic heterocycles. The molecule has 5 heteroatoms. The van der Waals surface area contributed by atoms with Crippen molar-refractivity contribution >= 4 is 23.2 Å². The molecule has 0 radical (unpaired) electrons. The number of anilines is 1. The number of halogens is 1. The van der Waals surface area contributed by atoms with E-state index in [4.69, 9.17) is 11.6 Å². The third kappa shape index (κ3) is 3.87. The number of nitrogens with zero attached hydrogens (tertiary/aromatic N) is 1. The maximum absolute atomic E-state index is 12.7. The van der Waals surface area contributed by atoms with Crippen molar-refractivity contribution < 1.29 is 4.79 Å². The molecule has 4 nitrogen and oxygen atoms in total. The first kappa shape index (κ1) is 17.4. The number of hydrogen-bond acceptors (Lipinski definition) is 3. The van der Waals surface area contributed by atoms with Gasteiger partial charge in [-0.15, -0.1) is 0 Å². The highest BCUT2D eigenvalue weighted by molar-refractivity contribution is 6.30. The van der Waals surface area contributed by atoms with Crippen LogP contribution in [0.2, 0.25) is 5.02 Å². The summed E-state index contributed by atoms with van der Waals surface area (Å²) >= 11 is 5.91. The third-order valence-electron chi connectivity index (χ3n) is 5.39. The minimum Gasteiger partial charge on any atom is -0.381 e. The Bertz CT molecular complexity index is 744. The molecule has 136 valence electrons. The van der Waals surface area contributed by atoms with Gasteiger partial charge in [0.2, 0.25) is 5.91 Å². The molecule has 2 heterocycles. The highest BCUT2D eigenvalue weighted by Gasteiger charge is 2.39. The second-order valence-corrected chi connectivity index (χ2v) is 7.63. The van der Waals surface area contributed by atoms with Crippen molar-refractivity contribution in [1.82, 2.24) is 10.2 Å². The van der Waals surface area contributed by atoms with Gasteiger partial charge in [0.05, 0.1) is 6.42 Å². The summed E-state index contributed by atoms with van der Waals surface area (Å²) in [7, 11) is 0. The molecule has 2 aliphatic rings. The second-order valence-electron chi connectivity index (χ2n) is 7.20. The first-order valence-electron chi connectivity index (χ1n) is 9.28. The molecule has 0 saturated carbocycles. The summed E-state index contributed by atoms with van der Waals surface area (Å²) in [5.41, 5.74) is 3.31. The molecule has 2 saturated heterocycles. The lowest BCUT2D eigenvalue weighted by Crippen LogP contribution is -2.54. The van der Waals surface area contributed by atoms with Gasteiger partial charge >= 0.3 is 0 Å². The monoisotopic (exact) mass is 369 g/mol. The molecule has 2 aromatic carbocycles. The highest BCUT2D eigenvalue weighted by atomic mass is 35.5. The zero-order valence-electron chi connectivity index (χ0n) is 14.7. The van der Waals surface area contributed by atoms with Crippen LogP contribution >= 0.6 is 11.6 Å². The molecule has 26 heavy (non-hydrogen) atoms. The van der Waals surface area contributed by atoms with Crippen LogP contribution in [-0.2, 0) is 17.8 Å². The van der Waals surface area contributed by atoms with Crippen LogP contribution in [0.3, 0.4) is 0 Å². The van der Waals surface area contributed by atoms with Gasteiger partial charge in [-0.05, 0) is 48.2 Å². The lowest BCUT2D eigenvalue weighted by Gasteiger charge is -2.35. The first-order chi connectivity index (χ1) is 12.7. The van der Waals surface area contributed by atoms with E-state index in [1.807, 2.05) is 48.5 Å². The second kappa shape index (κ2) is 7.68. The number of carbonyl (C=O) groups excluding carboxylic acids is 1. The topological polar surface area (TPSA) is 44.4 Å². The van der Waals surface area contributed by atoms with Crippen LogP contribution in [0.25, 0.3) is 0 Å². The molecule has 2 atom stereocenters. The smallest absolute Gasteiger partial charge is 0.227 e. The molecule has 0 spiro atoms. The van der Waals surface area contributed by atoms with E-state index in [0.717, 1.165) is 48.7 Å². The first-order valence-corrected chi connectivity index (χ1v) is 9.66. The van der Waals surface area contributed by atoms with Gasteiger partial charge in [-0.25, -0.2) is 0 Å². The predicted molar refractivity (Wildman–Crippen MR) is 105 cm³/mol. The van der Waals surface area contributed by atoms with Crippen LogP contribution in [0.4, 0.5) is 5.69 Å². The number of benzene rings is 2. The highest BCUT2D eigenvalue weighted by Crippen LogP contribution is 2.27. The van der Waals surface area contributed by atoms with Crippen LogP contribution < -0.4 is 10.6 Å². The number of hydrogen-bond donors (Lipinski definition) is 2. The maximum atomic E-state index is 12.7. The molecule has 2 fully saturated rings. The van der Waals surface area contributed by atoms with E-state index in [1.165, 1.54) is 5.56 Å². The quantitative estimate of drug-likeness (QED) is 0.848. The SMILES string of the molecule is O=C(Cc1ccc(NCc2ccc(Cl)cc2)cc1)N1C2CCC1CNC2. The van der Waals surface area contributed by atoms with Crippen LogP contribution in [0.1, 0.15) is 24.0 Å². The van der Waals surface area contributed by atoms with Crippen LogP contribution in [0, 0.1) is 0 Å². The molecule has 2 aromatic rings. The molecule has 2 unspecified atom stereocenters. The molecular formula is C21H24ClN3O. The lowest BCUT2D eigenvalue weighted by molar-refractivity contribution is -0.134. The Morgan fingerprint density at radius 1 is 1.00 bits per heavy atom. The Morgan fingerprint density at radius 3 is 2.27 bits per heavy atom. The zero-order valence-corrected chi connectivity index (χ0v) is 15.5. The van der Waals surface area contributed by atoms with E-state index in [-0.39, 0.29) is 5.91 Å². The molecule has 4 rings (SSSR count). The number of carbonyl (C=O) groups is 1. The molecule has 1 amide bonds. The van der Waals surface area contributed by atoms with Gasteiger partial charge < -0.3 is 15.5 Å². The summed E-state index contributed by atoms with van der Waals surface area (Å²) in [6.07, 6.45) is 2.76. The number of rotatable bonds is 5. The summed E-state index contributed by atoms with van der Waals surface area (Å²) in [6, 6.07) is 16.8. The van der Waals surface area contributed by atoms with Gasteiger partial charge in [-0.1, -0.05) is 35.9 Å². The van der Waals surface area contributed by atoms with Crippen LogP contribution in [-0.4, -0.2) is 36.0 Å². The Balaban J connectivity index is 1.32. The standard InChI is InChI=1S/C21H24ClN3O/c22-17-5-1-16(2-6-17)12-24-18-7-3-15(4-8-18)11-21(26)25-19-9-10-20(25)14-23-13-19/h1-8,19-20,23-24H,9-14H2. The normalized spacial score (nSPS) is 21.7. The Labute approximate surface area is 159 Å². The van der Waals surface area contributed by atoms with Crippen molar-refractivity contribution in [3.63, 3.8) is 0 Å². The fraction of sp³-hybridized carbons (Fsp3) is 0.381. The minimum absolute atomic E-state index is 0.265. The Morgan fingerprint density at radius 2 is 1.62 bits per heavy atom. The van der Waals surface area contributed by atoms with E-state index >= 15 is 0 Å². The third-order valence-corrected chi connectivity index (χ3v) is 5.64. The maximum Gasteiger partial charge on any atom is 0.227 e. The average molecular weight is 370 g/mol. The molecule has 0 aromatic heterocycles. The summed E-state index contributed by atoms with van der Waals surface area (Å²) in [4.78, 5) is 14.9. The predicted octanol–water partition coefficient (Wildman–Crippen LogP) is 3.46. The van der Waals surface area contributed by atoms with Gasteiger partial charge in [0.15, 0.2) is 0 Å². The van der Waals surface area contributed by atoms with E-state index in [0.29, 0.717) is 18.5 Å². The van der Waals surface area contributed by atoms with Crippen molar-refractivity contribution in [2.45, 2.75) is 37.9 Å². The van der Waals surface area contributed by atoms with Crippen molar-refractivity contribution in [3.8, 4) is 0 Å². The summed E-state index contributed by atoms with van der Waals surface area (Å²) in [5.74, 6) is 0.265. The van der Waals surface area contributed by atoms with Crippen molar-refractivity contribution in [1.29, 1.82) is 0 Å². The van der Waals surface area contributed by atoms with Gasteiger partial charge in [0.1, 0.15) is 0 Å². The van der Waals surface area contributed by atoms with Crippen LogP contribution in [0.5, 0.6) is 0 Å². The van der Waals surface area contributed by atoms with Crippen molar-refractivity contribution in [2.24, 2.45) is 0 Å². The van der Waals surface area contributed by atoms with Gasteiger partial charge in [-0.2, -0.15) is 0 Å². The van der Waals surface area contributed by atoms with Crippen molar-refractivity contribution in [3.05, 3.63) is 64.7 Å². The van der Waals surface area contributed by atoms with Gasteiger partial charge in [0.25, 0.3) is 0 Å². The number of piperazine rings is 1. The summed E-state index contributed by atoms with van der Waals surface area (Å²) in [5, 5.41) is 7.58. The summed E-state index contributed by atoms with van der Waals surface area (Å²) in [6.45, 7) is 2.63. The van der Waals surface area contributed by atoms with E-state index in [1.54, 1.807) is 0 Å². The van der Waals surface area contributed by atoms with Crippen LogP contribution in [0.15, 0.2) is 48.5 Å². The zero-order chi connectivity index (χ0) is 17.9. The molecular weight excluding hydrogens is 346 g/mol. The summed E-state index contributed by atoms with van der Waals surface area (Å²) < 4.78 is 0. The number of amides is 1. The van der Waals surface area contributed by atoms with E-state index in [2.05, 4.69) is 15.5 Å². The molecule has 2 N–H and O–H groups in total. The number of nitrogens with one attached hydrogen (secondary N) is 2. The van der Waals surface area contributed by atoms with Gasteiger partial charge in [0, 0.05) is 42.4 Å². The minimum atomic E-state index is 0.265.